The van der Waals surface area contributed by atoms with Crippen LogP contribution >= 0.6 is 15.9 Å². The number of aromatic nitrogens is 2. The molecule has 1 aromatic carbocycles. The summed E-state index contributed by atoms with van der Waals surface area (Å²) in [6.45, 7) is 4.84. The Morgan fingerprint density at radius 3 is 2.52 bits per heavy atom. The topological polar surface area (TPSA) is 67.5 Å². The molecule has 0 aliphatic rings. The minimum atomic E-state index is -0.126. The van der Waals surface area contributed by atoms with Crippen LogP contribution in [0.15, 0.2) is 22.7 Å². The number of benzene rings is 1. The first-order valence-corrected chi connectivity index (χ1v) is 8.01. The molecule has 0 saturated heterocycles. The molecule has 0 saturated carbocycles. The minimum absolute atomic E-state index is 0.126. The van der Waals surface area contributed by atoms with Crippen LogP contribution in [-0.4, -0.2) is 41.8 Å². The van der Waals surface area contributed by atoms with Gasteiger partial charge in [-0.2, -0.15) is 5.10 Å². The summed E-state index contributed by atoms with van der Waals surface area (Å²) >= 11 is 3.40. The molecule has 1 heterocycles. The van der Waals surface area contributed by atoms with Gasteiger partial charge in [0.25, 0.3) is 5.91 Å². The van der Waals surface area contributed by atoms with E-state index in [4.69, 9.17) is 9.47 Å². The van der Waals surface area contributed by atoms with Crippen molar-refractivity contribution in [2.45, 2.75) is 20.4 Å². The maximum Gasteiger partial charge on any atom is 0.275 e. The Kier molecular flexibility index (Phi) is 5.65. The molecule has 0 unspecified atom stereocenters. The maximum atomic E-state index is 12.6. The van der Waals surface area contributed by atoms with Crippen molar-refractivity contribution in [3.8, 4) is 11.5 Å². The number of rotatable bonds is 6. The van der Waals surface area contributed by atoms with Crippen LogP contribution in [-0.2, 0) is 6.54 Å². The molecule has 0 aliphatic carbocycles. The quantitative estimate of drug-likeness (QED) is 0.834. The van der Waals surface area contributed by atoms with Gasteiger partial charge in [0.2, 0.25) is 0 Å². The second-order valence-electron chi connectivity index (χ2n) is 5.02. The molecule has 0 fully saturated rings. The zero-order chi connectivity index (χ0) is 17.0. The highest BCUT2D eigenvalue weighted by Gasteiger charge is 2.21. The number of methoxy groups -OCH3 is 2. The van der Waals surface area contributed by atoms with Crippen molar-refractivity contribution < 1.29 is 14.3 Å². The van der Waals surface area contributed by atoms with Crippen molar-refractivity contribution in [3.63, 3.8) is 0 Å². The molecular formula is C16H20BrN3O3. The number of H-pyrrole nitrogens is 1. The van der Waals surface area contributed by atoms with Crippen molar-refractivity contribution in [1.82, 2.24) is 15.1 Å². The molecule has 2 rings (SSSR count). The highest BCUT2D eigenvalue weighted by Crippen LogP contribution is 2.28. The van der Waals surface area contributed by atoms with Crippen LogP contribution in [0.3, 0.4) is 0 Å². The Balaban J connectivity index is 2.22. The third-order valence-corrected chi connectivity index (χ3v) is 4.54. The number of halogens is 1. The Bertz CT molecular complexity index is 700. The fourth-order valence-electron chi connectivity index (χ4n) is 2.23. The zero-order valence-corrected chi connectivity index (χ0v) is 15.2. The highest BCUT2D eigenvalue weighted by molar-refractivity contribution is 9.10. The summed E-state index contributed by atoms with van der Waals surface area (Å²) in [4.78, 5) is 14.4. The first-order valence-electron chi connectivity index (χ1n) is 7.22. The van der Waals surface area contributed by atoms with Gasteiger partial charge in [0.1, 0.15) is 0 Å². The van der Waals surface area contributed by atoms with E-state index in [9.17, 15) is 4.79 Å². The summed E-state index contributed by atoms with van der Waals surface area (Å²) < 4.78 is 11.2. The molecule has 0 aliphatic heterocycles. The fourth-order valence-corrected chi connectivity index (χ4v) is 2.58. The van der Waals surface area contributed by atoms with E-state index in [0.717, 1.165) is 11.3 Å². The van der Waals surface area contributed by atoms with E-state index in [0.29, 0.717) is 34.8 Å². The third kappa shape index (κ3) is 3.67. The lowest BCUT2D eigenvalue weighted by Gasteiger charge is -2.21. The number of carbonyl (C=O) groups is 1. The predicted octanol–water partition coefficient (Wildman–Crippen LogP) is 3.16. The summed E-state index contributed by atoms with van der Waals surface area (Å²) in [5.74, 6) is 1.18. The van der Waals surface area contributed by atoms with Crippen molar-refractivity contribution in [2.75, 3.05) is 20.8 Å². The van der Waals surface area contributed by atoms with Crippen molar-refractivity contribution in [1.29, 1.82) is 0 Å². The Hall–Kier alpha value is -2.02. The summed E-state index contributed by atoms with van der Waals surface area (Å²) in [6, 6.07) is 5.63. The van der Waals surface area contributed by atoms with Crippen LogP contribution in [0.1, 0.15) is 28.7 Å². The molecule has 124 valence electrons. The van der Waals surface area contributed by atoms with Gasteiger partial charge in [0.15, 0.2) is 17.2 Å². The normalized spacial score (nSPS) is 10.5. The summed E-state index contributed by atoms with van der Waals surface area (Å²) in [6.07, 6.45) is 0. The summed E-state index contributed by atoms with van der Waals surface area (Å²) in [5.41, 5.74) is 2.18. The van der Waals surface area contributed by atoms with Gasteiger partial charge in [0, 0.05) is 18.8 Å². The molecule has 0 spiro atoms. The number of hydrogen-bond acceptors (Lipinski definition) is 4. The number of aryl methyl sites for hydroxylation is 1. The number of aromatic amines is 1. The molecule has 0 radical (unpaired) electrons. The SMILES string of the molecule is CCN(Cc1ccc(OC)c(OC)c1)C(=O)c1n[nH]c(C)c1Br. The van der Waals surface area contributed by atoms with Gasteiger partial charge in [0.05, 0.1) is 18.7 Å². The Labute approximate surface area is 143 Å². The smallest absolute Gasteiger partial charge is 0.275 e. The van der Waals surface area contributed by atoms with Gasteiger partial charge in [-0.25, -0.2) is 0 Å². The lowest BCUT2D eigenvalue weighted by atomic mass is 10.1. The molecule has 6 nitrogen and oxygen atoms in total. The van der Waals surface area contributed by atoms with E-state index in [-0.39, 0.29) is 5.91 Å². The lowest BCUT2D eigenvalue weighted by Crippen LogP contribution is -2.30. The summed E-state index contributed by atoms with van der Waals surface area (Å²) in [5, 5.41) is 6.89. The van der Waals surface area contributed by atoms with Gasteiger partial charge in [-0.15, -0.1) is 0 Å². The first-order chi connectivity index (χ1) is 11.0. The van der Waals surface area contributed by atoms with E-state index >= 15 is 0 Å². The molecule has 0 bridgehead atoms. The van der Waals surface area contributed by atoms with Crippen LogP contribution in [0.2, 0.25) is 0 Å². The summed E-state index contributed by atoms with van der Waals surface area (Å²) in [7, 11) is 3.19. The number of nitrogens with one attached hydrogen (secondary N) is 1. The first kappa shape index (κ1) is 17.3. The minimum Gasteiger partial charge on any atom is -0.493 e. The second kappa shape index (κ2) is 7.50. The molecule has 7 heteroatoms. The van der Waals surface area contributed by atoms with E-state index in [1.165, 1.54) is 0 Å². The van der Waals surface area contributed by atoms with E-state index in [2.05, 4.69) is 26.1 Å². The van der Waals surface area contributed by atoms with E-state index in [1.54, 1.807) is 19.1 Å². The van der Waals surface area contributed by atoms with Gasteiger partial charge in [-0.1, -0.05) is 6.07 Å². The molecule has 23 heavy (non-hydrogen) atoms. The van der Waals surface area contributed by atoms with Crippen molar-refractivity contribution >= 4 is 21.8 Å². The molecule has 1 N–H and O–H groups in total. The molecule has 1 aromatic heterocycles. The maximum absolute atomic E-state index is 12.6. The highest BCUT2D eigenvalue weighted by atomic mass is 79.9. The number of hydrogen-bond donors (Lipinski definition) is 1. The number of nitrogens with zero attached hydrogens (tertiary/aromatic N) is 2. The monoisotopic (exact) mass is 381 g/mol. The second-order valence-corrected chi connectivity index (χ2v) is 5.81. The van der Waals surface area contributed by atoms with Crippen LogP contribution in [0.4, 0.5) is 0 Å². The molecule has 2 aromatic rings. The Morgan fingerprint density at radius 1 is 1.30 bits per heavy atom. The van der Waals surface area contributed by atoms with Crippen LogP contribution in [0.5, 0.6) is 11.5 Å². The number of carbonyl (C=O) groups excluding carboxylic acids is 1. The molecular weight excluding hydrogens is 362 g/mol. The average molecular weight is 382 g/mol. The van der Waals surface area contributed by atoms with Gasteiger partial charge >= 0.3 is 0 Å². The van der Waals surface area contributed by atoms with Gasteiger partial charge < -0.3 is 14.4 Å². The largest absolute Gasteiger partial charge is 0.493 e. The van der Waals surface area contributed by atoms with E-state index in [1.807, 2.05) is 32.0 Å². The zero-order valence-electron chi connectivity index (χ0n) is 13.6. The number of amides is 1. The molecule has 0 atom stereocenters. The third-order valence-electron chi connectivity index (χ3n) is 3.57. The van der Waals surface area contributed by atoms with Gasteiger partial charge in [-0.05, 0) is 47.5 Å². The molecule has 1 amide bonds. The fraction of sp³-hybridized carbons (Fsp3) is 0.375. The average Bonchev–Trinajstić information content (AvgIpc) is 2.91. The standard InChI is InChI=1S/C16H20BrN3O3/c1-5-20(16(21)15-14(17)10(2)18-19-15)9-11-6-7-12(22-3)13(8-11)23-4/h6-8H,5,9H2,1-4H3,(H,18,19). The van der Waals surface area contributed by atoms with E-state index < -0.39 is 0 Å². The number of ether oxygens (including phenoxy) is 2. The predicted molar refractivity (Wildman–Crippen MR) is 91.0 cm³/mol. The van der Waals surface area contributed by atoms with Crippen LogP contribution in [0, 0.1) is 6.92 Å². The van der Waals surface area contributed by atoms with Gasteiger partial charge in [-0.3, -0.25) is 9.89 Å². The van der Waals surface area contributed by atoms with Crippen molar-refractivity contribution in [3.05, 3.63) is 39.6 Å². The van der Waals surface area contributed by atoms with Crippen molar-refractivity contribution in [2.24, 2.45) is 0 Å². The van der Waals surface area contributed by atoms with Crippen LogP contribution in [0.25, 0.3) is 0 Å². The Morgan fingerprint density at radius 2 is 2.00 bits per heavy atom. The van der Waals surface area contributed by atoms with Crippen LogP contribution < -0.4 is 9.47 Å². The lowest BCUT2D eigenvalue weighted by molar-refractivity contribution is 0.0745.